The first-order valence-electron chi connectivity index (χ1n) is 6.05. The zero-order valence-electron chi connectivity index (χ0n) is 9.35. The van der Waals surface area contributed by atoms with Crippen molar-refractivity contribution in [2.75, 3.05) is 13.1 Å². The summed E-state index contributed by atoms with van der Waals surface area (Å²) in [6.45, 7) is 3.68. The Hall–Kier alpha value is -0.370. The molecule has 1 fully saturated rings. The Bertz CT molecular complexity index is 162. The fourth-order valence-electron chi connectivity index (χ4n) is 2.19. The smallest absolute Gasteiger partial charge is 0.146 e. The third kappa shape index (κ3) is 4.75. The first-order chi connectivity index (χ1) is 6.83. The number of hydrogen-bond donors (Lipinski definition) is 1. The van der Waals surface area contributed by atoms with E-state index < -0.39 is 0 Å². The molecule has 0 saturated heterocycles. The number of rotatable bonds is 6. The summed E-state index contributed by atoms with van der Waals surface area (Å²) in [5, 5.41) is 3.17. The molecule has 0 aromatic heterocycles. The lowest BCUT2D eigenvalue weighted by molar-refractivity contribution is -0.119. The molecule has 0 aromatic rings. The fourth-order valence-corrected chi connectivity index (χ4v) is 2.19. The van der Waals surface area contributed by atoms with Gasteiger partial charge in [0.15, 0.2) is 0 Å². The van der Waals surface area contributed by atoms with Crippen molar-refractivity contribution in [1.29, 1.82) is 0 Å². The number of hydrogen-bond acceptors (Lipinski definition) is 2. The van der Waals surface area contributed by atoms with Gasteiger partial charge in [-0.05, 0) is 18.9 Å². The van der Waals surface area contributed by atoms with Gasteiger partial charge in [0, 0.05) is 6.42 Å². The van der Waals surface area contributed by atoms with Gasteiger partial charge in [-0.25, -0.2) is 0 Å². The molecule has 2 heteroatoms. The predicted octanol–water partition coefficient (Wildman–Crippen LogP) is 2.53. The molecular weight excluding hydrogens is 174 g/mol. The summed E-state index contributed by atoms with van der Waals surface area (Å²) in [6.07, 6.45) is 8.52. The highest BCUT2D eigenvalue weighted by Gasteiger charge is 2.16. The quantitative estimate of drug-likeness (QED) is 0.663. The van der Waals surface area contributed by atoms with E-state index in [1.54, 1.807) is 0 Å². The molecule has 14 heavy (non-hydrogen) atoms. The minimum absolute atomic E-state index is 0.408. The minimum atomic E-state index is 0.408. The maximum atomic E-state index is 11.5. The lowest BCUT2D eigenvalue weighted by Gasteiger charge is -2.20. The Kier molecular flexibility index (Phi) is 5.85. The molecule has 0 spiro atoms. The topological polar surface area (TPSA) is 29.1 Å². The van der Waals surface area contributed by atoms with Crippen molar-refractivity contribution < 1.29 is 4.79 Å². The van der Waals surface area contributed by atoms with E-state index in [0.717, 1.165) is 19.4 Å². The van der Waals surface area contributed by atoms with Crippen LogP contribution in [0, 0.1) is 5.92 Å². The van der Waals surface area contributed by atoms with Crippen LogP contribution in [0.15, 0.2) is 0 Å². The molecule has 1 N–H and O–H groups in total. The number of Topliss-reactive ketones (excluding diaryl/α,β-unsaturated/α-hetero) is 1. The Morgan fingerprint density at radius 1 is 1.29 bits per heavy atom. The number of ketones is 1. The van der Waals surface area contributed by atoms with Gasteiger partial charge in [-0.1, -0.05) is 39.0 Å². The third-order valence-electron chi connectivity index (χ3n) is 2.99. The Morgan fingerprint density at radius 3 is 2.64 bits per heavy atom. The summed E-state index contributed by atoms with van der Waals surface area (Å²) in [7, 11) is 0. The van der Waals surface area contributed by atoms with Gasteiger partial charge in [-0.15, -0.1) is 0 Å². The molecule has 82 valence electrons. The molecule has 0 amide bonds. The van der Waals surface area contributed by atoms with E-state index in [4.69, 9.17) is 0 Å². The van der Waals surface area contributed by atoms with Crippen molar-refractivity contribution in [3.05, 3.63) is 0 Å². The van der Waals surface area contributed by atoms with E-state index in [-0.39, 0.29) is 0 Å². The minimum Gasteiger partial charge on any atom is -0.310 e. The molecule has 0 radical (unpaired) electrons. The van der Waals surface area contributed by atoms with Crippen molar-refractivity contribution in [2.45, 2.75) is 51.9 Å². The number of nitrogens with one attached hydrogen (secondary N) is 1. The SMILES string of the molecule is CCCNCC(=O)CC1CCCCC1. The van der Waals surface area contributed by atoms with Gasteiger partial charge in [-0.2, -0.15) is 0 Å². The molecule has 1 aliphatic carbocycles. The van der Waals surface area contributed by atoms with E-state index in [2.05, 4.69) is 12.2 Å². The van der Waals surface area contributed by atoms with Crippen molar-refractivity contribution in [3.63, 3.8) is 0 Å². The highest BCUT2D eigenvalue weighted by molar-refractivity contribution is 5.80. The maximum absolute atomic E-state index is 11.5. The van der Waals surface area contributed by atoms with E-state index in [9.17, 15) is 4.79 Å². The zero-order chi connectivity index (χ0) is 10.2. The molecule has 2 nitrogen and oxygen atoms in total. The lowest BCUT2D eigenvalue weighted by atomic mass is 9.86. The van der Waals surface area contributed by atoms with E-state index in [0.29, 0.717) is 18.2 Å². The summed E-state index contributed by atoms with van der Waals surface area (Å²) in [4.78, 5) is 11.5. The summed E-state index contributed by atoms with van der Waals surface area (Å²) in [5.41, 5.74) is 0. The van der Waals surface area contributed by atoms with Gasteiger partial charge in [0.25, 0.3) is 0 Å². The summed E-state index contributed by atoms with van der Waals surface area (Å²) in [5.74, 6) is 1.10. The number of carbonyl (C=O) groups excluding carboxylic acids is 1. The lowest BCUT2D eigenvalue weighted by Crippen LogP contribution is -2.25. The van der Waals surface area contributed by atoms with Crippen LogP contribution in [0.1, 0.15) is 51.9 Å². The van der Waals surface area contributed by atoms with E-state index >= 15 is 0 Å². The second-order valence-electron chi connectivity index (χ2n) is 4.42. The molecule has 0 aromatic carbocycles. The van der Waals surface area contributed by atoms with Gasteiger partial charge in [-0.3, -0.25) is 4.79 Å². The monoisotopic (exact) mass is 197 g/mol. The van der Waals surface area contributed by atoms with Gasteiger partial charge in [0.1, 0.15) is 5.78 Å². The van der Waals surface area contributed by atoms with Gasteiger partial charge in [0.05, 0.1) is 6.54 Å². The van der Waals surface area contributed by atoms with Crippen LogP contribution in [0.2, 0.25) is 0 Å². The summed E-state index contributed by atoms with van der Waals surface area (Å²) < 4.78 is 0. The average molecular weight is 197 g/mol. The summed E-state index contributed by atoms with van der Waals surface area (Å²) >= 11 is 0. The highest BCUT2D eigenvalue weighted by Crippen LogP contribution is 2.26. The molecule has 0 bridgehead atoms. The first kappa shape index (κ1) is 11.7. The van der Waals surface area contributed by atoms with Gasteiger partial charge >= 0.3 is 0 Å². The van der Waals surface area contributed by atoms with Crippen LogP contribution in [-0.2, 0) is 4.79 Å². The molecule has 0 aliphatic heterocycles. The number of carbonyl (C=O) groups is 1. The normalized spacial score (nSPS) is 18.4. The molecule has 1 rings (SSSR count). The van der Waals surface area contributed by atoms with Crippen LogP contribution in [0.4, 0.5) is 0 Å². The predicted molar refractivity (Wildman–Crippen MR) is 59.4 cm³/mol. The second-order valence-corrected chi connectivity index (χ2v) is 4.42. The van der Waals surface area contributed by atoms with Crippen molar-refractivity contribution in [1.82, 2.24) is 5.32 Å². The highest BCUT2D eigenvalue weighted by atomic mass is 16.1. The zero-order valence-corrected chi connectivity index (χ0v) is 9.35. The van der Waals surface area contributed by atoms with Gasteiger partial charge in [0.2, 0.25) is 0 Å². The Labute approximate surface area is 87.5 Å². The van der Waals surface area contributed by atoms with Gasteiger partial charge < -0.3 is 5.32 Å². The van der Waals surface area contributed by atoms with Crippen molar-refractivity contribution in [2.24, 2.45) is 5.92 Å². The molecule has 1 saturated carbocycles. The van der Waals surface area contributed by atoms with Crippen LogP contribution in [0.3, 0.4) is 0 Å². The van der Waals surface area contributed by atoms with E-state index in [1.165, 1.54) is 32.1 Å². The maximum Gasteiger partial charge on any atom is 0.146 e. The molecule has 0 heterocycles. The van der Waals surface area contributed by atoms with Crippen LogP contribution in [0.25, 0.3) is 0 Å². The summed E-state index contributed by atoms with van der Waals surface area (Å²) in [6, 6.07) is 0. The average Bonchev–Trinajstić information content (AvgIpc) is 2.20. The molecule has 0 atom stereocenters. The van der Waals surface area contributed by atoms with Crippen molar-refractivity contribution in [3.8, 4) is 0 Å². The molecular formula is C12H23NO. The largest absolute Gasteiger partial charge is 0.310 e. The Morgan fingerprint density at radius 2 is 2.00 bits per heavy atom. The first-order valence-corrected chi connectivity index (χ1v) is 6.05. The standard InChI is InChI=1S/C12H23NO/c1-2-8-13-10-12(14)9-11-6-4-3-5-7-11/h11,13H,2-10H2,1H3. The van der Waals surface area contributed by atoms with E-state index in [1.807, 2.05) is 0 Å². The molecule has 1 aliphatic rings. The van der Waals surface area contributed by atoms with Crippen LogP contribution in [-0.4, -0.2) is 18.9 Å². The second kappa shape index (κ2) is 6.99. The Balaban J connectivity index is 2.06. The fraction of sp³-hybridized carbons (Fsp3) is 0.917. The van der Waals surface area contributed by atoms with Crippen LogP contribution < -0.4 is 5.32 Å². The van der Waals surface area contributed by atoms with Crippen LogP contribution in [0.5, 0.6) is 0 Å². The van der Waals surface area contributed by atoms with Crippen LogP contribution >= 0.6 is 0 Å². The van der Waals surface area contributed by atoms with Crippen molar-refractivity contribution >= 4 is 5.78 Å². The third-order valence-corrected chi connectivity index (χ3v) is 2.99. The molecule has 0 unspecified atom stereocenters.